The van der Waals surface area contributed by atoms with Crippen molar-refractivity contribution in [1.82, 2.24) is 0 Å². The summed E-state index contributed by atoms with van der Waals surface area (Å²) in [7, 11) is 0. The molecule has 1 aliphatic carbocycles. The molecule has 0 radical (unpaired) electrons. The average molecular weight is 310 g/mol. The molecule has 0 saturated heterocycles. The monoisotopic (exact) mass is 310 g/mol. The van der Waals surface area contributed by atoms with Crippen LogP contribution in [-0.2, 0) is 0 Å². The van der Waals surface area contributed by atoms with Gasteiger partial charge in [0.25, 0.3) is 0 Å². The Kier molecular flexibility index (Phi) is 2.47. The molecule has 0 spiro atoms. The summed E-state index contributed by atoms with van der Waals surface area (Å²) in [5.41, 5.74) is 0.828. The largest absolute Gasteiger partial charge is 0.506 e. The minimum Gasteiger partial charge on any atom is -0.506 e. The smallest absolute Gasteiger partial charge is 0.208 e. The number of thiophene rings is 1. The highest BCUT2D eigenvalue weighted by molar-refractivity contribution is 7.13. The summed E-state index contributed by atoms with van der Waals surface area (Å²) in [6.45, 7) is 1.75. The second kappa shape index (κ2) is 4.18. The molecular formula is C17H10O4S. The van der Waals surface area contributed by atoms with E-state index in [2.05, 4.69) is 0 Å². The molecule has 1 aliphatic rings. The molecule has 0 fully saturated rings. The molecule has 3 aromatic rings. The number of carbonyl (C=O) groups excluding carboxylic acids is 2. The molecule has 4 rings (SSSR count). The number of phenolic OH excluding ortho intramolecular Hbond substituents is 2. The van der Waals surface area contributed by atoms with Gasteiger partial charge in [0, 0.05) is 16.3 Å². The molecule has 4 nitrogen and oxygen atoms in total. The van der Waals surface area contributed by atoms with Crippen LogP contribution in [0, 0.1) is 6.92 Å². The van der Waals surface area contributed by atoms with Crippen molar-refractivity contribution in [3.05, 3.63) is 56.8 Å². The fourth-order valence-electron chi connectivity index (χ4n) is 2.98. The summed E-state index contributed by atoms with van der Waals surface area (Å²) in [6, 6.07) is 6.62. The molecule has 2 aromatic carbocycles. The van der Waals surface area contributed by atoms with Crippen LogP contribution in [0.25, 0.3) is 10.8 Å². The van der Waals surface area contributed by atoms with Crippen LogP contribution in [0.15, 0.2) is 29.6 Å². The van der Waals surface area contributed by atoms with E-state index in [0.717, 1.165) is 0 Å². The average Bonchev–Trinajstić information content (AvgIpc) is 2.91. The zero-order chi connectivity index (χ0) is 15.6. The van der Waals surface area contributed by atoms with Crippen LogP contribution in [0.1, 0.15) is 36.7 Å². The second-order valence-electron chi connectivity index (χ2n) is 5.27. The lowest BCUT2D eigenvalue weighted by Gasteiger charge is -2.19. The third-order valence-electron chi connectivity index (χ3n) is 4.02. The maximum atomic E-state index is 12.7. The van der Waals surface area contributed by atoms with Crippen molar-refractivity contribution in [1.29, 1.82) is 0 Å². The van der Waals surface area contributed by atoms with E-state index >= 15 is 0 Å². The zero-order valence-corrected chi connectivity index (χ0v) is 12.3. The zero-order valence-electron chi connectivity index (χ0n) is 11.5. The normalized spacial score (nSPS) is 13.3. The third-order valence-corrected chi connectivity index (χ3v) is 5.12. The minimum absolute atomic E-state index is 0.101. The predicted molar refractivity (Wildman–Crippen MR) is 83.2 cm³/mol. The molecule has 22 heavy (non-hydrogen) atoms. The van der Waals surface area contributed by atoms with Crippen LogP contribution < -0.4 is 0 Å². The van der Waals surface area contributed by atoms with Gasteiger partial charge in [-0.25, -0.2) is 0 Å². The van der Waals surface area contributed by atoms with Gasteiger partial charge in [0.05, 0.1) is 16.0 Å². The highest BCUT2D eigenvalue weighted by atomic mass is 32.1. The molecule has 1 heterocycles. The highest BCUT2D eigenvalue weighted by Crippen LogP contribution is 2.45. The summed E-state index contributed by atoms with van der Waals surface area (Å²) < 4.78 is 0. The molecular weight excluding hydrogens is 300 g/mol. The summed E-state index contributed by atoms with van der Waals surface area (Å²) >= 11 is 1.18. The van der Waals surface area contributed by atoms with Gasteiger partial charge in [-0.15, -0.1) is 11.3 Å². The van der Waals surface area contributed by atoms with Crippen molar-refractivity contribution in [2.75, 3.05) is 0 Å². The van der Waals surface area contributed by atoms with E-state index < -0.39 is 11.6 Å². The van der Waals surface area contributed by atoms with E-state index in [1.54, 1.807) is 36.6 Å². The first-order valence-corrected chi connectivity index (χ1v) is 7.54. The van der Waals surface area contributed by atoms with Crippen molar-refractivity contribution in [2.45, 2.75) is 6.92 Å². The number of ketones is 2. The summed E-state index contributed by atoms with van der Waals surface area (Å²) in [5.74, 6) is -1.33. The van der Waals surface area contributed by atoms with Crippen LogP contribution in [0.3, 0.4) is 0 Å². The van der Waals surface area contributed by atoms with Gasteiger partial charge in [-0.05, 0) is 17.9 Å². The highest BCUT2D eigenvalue weighted by Gasteiger charge is 2.38. The summed E-state index contributed by atoms with van der Waals surface area (Å²) in [5, 5.41) is 23.4. The first kappa shape index (κ1) is 13.0. The van der Waals surface area contributed by atoms with Crippen molar-refractivity contribution in [2.24, 2.45) is 0 Å². The molecule has 1 aromatic heterocycles. The van der Waals surface area contributed by atoms with Gasteiger partial charge in [0.15, 0.2) is 5.78 Å². The maximum absolute atomic E-state index is 12.7. The third kappa shape index (κ3) is 1.41. The standard InChI is InChI=1S/C17H10O4S/c1-7-6-22-17-10(7)15(20)11-12(16(17)21)14(19)9-5-3-2-4-8(9)13(11)18/h2-6,18-19H,1H3. The lowest BCUT2D eigenvalue weighted by atomic mass is 9.84. The Bertz CT molecular complexity index is 998. The van der Waals surface area contributed by atoms with E-state index in [9.17, 15) is 19.8 Å². The van der Waals surface area contributed by atoms with Gasteiger partial charge in [-0.2, -0.15) is 0 Å². The van der Waals surface area contributed by atoms with Crippen LogP contribution in [-0.4, -0.2) is 21.8 Å². The van der Waals surface area contributed by atoms with Crippen LogP contribution in [0.4, 0.5) is 0 Å². The van der Waals surface area contributed by atoms with Crippen molar-refractivity contribution < 1.29 is 19.8 Å². The topological polar surface area (TPSA) is 74.6 Å². The number of carbonyl (C=O) groups is 2. The van der Waals surface area contributed by atoms with E-state index in [1.165, 1.54) is 11.3 Å². The molecule has 0 atom stereocenters. The van der Waals surface area contributed by atoms with Gasteiger partial charge >= 0.3 is 0 Å². The molecule has 0 bridgehead atoms. The lowest BCUT2D eigenvalue weighted by Crippen LogP contribution is -2.20. The Labute approximate surface area is 129 Å². The minimum atomic E-state index is -0.416. The van der Waals surface area contributed by atoms with Crippen LogP contribution >= 0.6 is 11.3 Å². The van der Waals surface area contributed by atoms with Crippen LogP contribution in [0.2, 0.25) is 0 Å². The van der Waals surface area contributed by atoms with E-state index in [0.29, 0.717) is 26.8 Å². The fourth-order valence-corrected chi connectivity index (χ4v) is 3.97. The molecule has 0 unspecified atom stereocenters. The molecule has 0 saturated carbocycles. The molecule has 0 amide bonds. The van der Waals surface area contributed by atoms with Crippen molar-refractivity contribution >= 4 is 33.7 Å². The predicted octanol–water partition coefficient (Wildman–Crippen LogP) is 3.40. The van der Waals surface area contributed by atoms with Gasteiger partial charge in [-0.3, -0.25) is 9.59 Å². The lowest BCUT2D eigenvalue weighted by molar-refractivity contribution is 0.0977. The Hall–Kier alpha value is -2.66. The fraction of sp³-hybridized carbons (Fsp3) is 0.0588. The number of hydrogen-bond donors (Lipinski definition) is 2. The maximum Gasteiger partial charge on any atom is 0.208 e. The second-order valence-corrected chi connectivity index (χ2v) is 6.15. The van der Waals surface area contributed by atoms with E-state index in [1.807, 2.05) is 0 Å². The molecule has 2 N–H and O–H groups in total. The van der Waals surface area contributed by atoms with Gasteiger partial charge < -0.3 is 10.2 Å². The SMILES string of the molecule is Cc1csc2c1C(=O)c1c(c(O)c3ccccc3c1O)C2=O. The Balaban J connectivity index is 2.20. The number of hydrogen-bond acceptors (Lipinski definition) is 5. The van der Waals surface area contributed by atoms with Gasteiger partial charge in [0.1, 0.15) is 11.5 Å². The molecule has 0 aliphatic heterocycles. The molecule has 108 valence electrons. The van der Waals surface area contributed by atoms with E-state index in [4.69, 9.17) is 0 Å². The Morgan fingerprint density at radius 2 is 1.41 bits per heavy atom. The summed E-state index contributed by atoms with van der Waals surface area (Å²) in [6.07, 6.45) is 0. The first-order chi connectivity index (χ1) is 10.5. The summed E-state index contributed by atoms with van der Waals surface area (Å²) in [4.78, 5) is 25.7. The molecule has 5 heteroatoms. The van der Waals surface area contributed by atoms with Gasteiger partial charge in [-0.1, -0.05) is 24.3 Å². The van der Waals surface area contributed by atoms with Crippen LogP contribution in [0.5, 0.6) is 11.5 Å². The quantitative estimate of drug-likeness (QED) is 0.488. The van der Waals surface area contributed by atoms with E-state index in [-0.39, 0.29) is 22.6 Å². The Morgan fingerprint density at radius 3 is 2.00 bits per heavy atom. The first-order valence-electron chi connectivity index (χ1n) is 6.66. The number of aromatic hydroxyl groups is 2. The number of rotatable bonds is 0. The van der Waals surface area contributed by atoms with Crippen molar-refractivity contribution in [3.8, 4) is 11.5 Å². The number of fused-ring (bicyclic) bond motifs is 3. The van der Waals surface area contributed by atoms with Crippen molar-refractivity contribution in [3.63, 3.8) is 0 Å². The number of aryl methyl sites for hydroxylation is 1. The number of phenols is 2. The van der Waals surface area contributed by atoms with Gasteiger partial charge in [0.2, 0.25) is 5.78 Å². The Morgan fingerprint density at radius 1 is 0.864 bits per heavy atom. The number of benzene rings is 2.